The molecule has 5 nitrogen and oxygen atoms in total. The zero-order valence-electron chi connectivity index (χ0n) is 15.5. The zero-order chi connectivity index (χ0) is 19.3. The molecule has 0 saturated heterocycles. The van der Waals surface area contributed by atoms with E-state index >= 15 is 0 Å². The molecule has 1 heterocycles. The molecule has 2 aromatic carbocycles. The van der Waals surface area contributed by atoms with E-state index in [1.807, 2.05) is 54.6 Å². The van der Waals surface area contributed by atoms with Crippen molar-refractivity contribution in [3.63, 3.8) is 0 Å². The number of carbonyl (C=O) groups is 2. The summed E-state index contributed by atoms with van der Waals surface area (Å²) in [6.07, 6.45) is 5.87. The van der Waals surface area contributed by atoms with Crippen LogP contribution < -0.4 is 5.32 Å². The Morgan fingerprint density at radius 2 is 2.00 bits per heavy atom. The molecule has 1 aliphatic rings. The molecule has 0 atom stereocenters. The molecular formula is C23H22N2O3. The average molecular weight is 374 g/mol. The number of alkyl carbamates (subject to hydrolysis) is 1. The van der Waals surface area contributed by atoms with Crippen molar-refractivity contribution in [3.8, 4) is 0 Å². The molecule has 0 aliphatic heterocycles. The van der Waals surface area contributed by atoms with Crippen molar-refractivity contribution in [2.75, 3.05) is 6.54 Å². The van der Waals surface area contributed by atoms with Gasteiger partial charge in [0.15, 0.2) is 5.78 Å². The number of aryl methyl sites for hydroxylation is 1. The second kappa shape index (κ2) is 8.13. The Hall–Kier alpha value is -3.34. The summed E-state index contributed by atoms with van der Waals surface area (Å²) in [5.74, 6) is 0.202. The minimum Gasteiger partial charge on any atom is -0.445 e. The number of fused-ring (bicyclic) bond motifs is 3. The van der Waals surface area contributed by atoms with Crippen LogP contribution in [0.4, 0.5) is 4.79 Å². The van der Waals surface area contributed by atoms with Crippen LogP contribution in [0, 0.1) is 0 Å². The van der Waals surface area contributed by atoms with Crippen LogP contribution in [0.3, 0.4) is 0 Å². The van der Waals surface area contributed by atoms with Crippen LogP contribution >= 0.6 is 0 Å². The number of aromatic nitrogens is 1. The first-order valence-corrected chi connectivity index (χ1v) is 9.49. The number of benzene rings is 2. The van der Waals surface area contributed by atoms with E-state index < -0.39 is 6.09 Å². The van der Waals surface area contributed by atoms with Gasteiger partial charge < -0.3 is 15.0 Å². The summed E-state index contributed by atoms with van der Waals surface area (Å²) in [5.41, 5.74) is 4.89. The fourth-order valence-corrected chi connectivity index (χ4v) is 3.53. The largest absolute Gasteiger partial charge is 0.445 e. The van der Waals surface area contributed by atoms with Gasteiger partial charge in [-0.3, -0.25) is 4.79 Å². The van der Waals surface area contributed by atoms with Gasteiger partial charge in [-0.1, -0.05) is 48.6 Å². The molecule has 0 fully saturated rings. The Morgan fingerprint density at radius 1 is 1.14 bits per heavy atom. The molecule has 142 valence electrons. The Balaban J connectivity index is 1.34. The lowest BCUT2D eigenvalue weighted by Gasteiger charge is -2.09. The number of carbonyl (C=O) groups excluding carboxylic acids is 2. The van der Waals surface area contributed by atoms with Gasteiger partial charge in [0.2, 0.25) is 0 Å². The number of nitrogens with one attached hydrogen (secondary N) is 2. The number of ether oxygens (including phenoxy) is 1. The van der Waals surface area contributed by atoms with Gasteiger partial charge in [0.05, 0.1) is 5.69 Å². The predicted octanol–water partition coefficient (Wildman–Crippen LogP) is 4.63. The van der Waals surface area contributed by atoms with Crippen molar-refractivity contribution < 1.29 is 14.3 Å². The van der Waals surface area contributed by atoms with Crippen molar-refractivity contribution in [3.05, 3.63) is 77.0 Å². The number of amides is 1. The molecule has 1 aromatic heterocycles. The van der Waals surface area contributed by atoms with E-state index in [1.165, 1.54) is 0 Å². The maximum Gasteiger partial charge on any atom is 0.407 e. The van der Waals surface area contributed by atoms with Crippen molar-refractivity contribution in [2.45, 2.75) is 25.9 Å². The van der Waals surface area contributed by atoms with Gasteiger partial charge in [-0.2, -0.15) is 0 Å². The first-order valence-electron chi connectivity index (χ1n) is 9.49. The Morgan fingerprint density at radius 3 is 2.86 bits per heavy atom. The molecule has 1 amide bonds. The normalized spacial score (nSPS) is 13.6. The van der Waals surface area contributed by atoms with Gasteiger partial charge in [0, 0.05) is 23.9 Å². The number of aromatic amines is 1. The summed E-state index contributed by atoms with van der Waals surface area (Å²) >= 11 is 0. The SMILES string of the molecule is O=C(NCC=Cc1ccc2[nH]c3c(c2c1)CCCC3=O)OCc1ccccc1. The lowest BCUT2D eigenvalue weighted by Crippen LogP contribution is -2.24. The highest BCUT2D eigenvalue weighted by Crippen LogP contribution is 2.29. The van der Waals surface area contributed by atoms with Gasteiger partial charge in [-0.15, -0.1) is 0 Å². The molecule has 0 unspecified atom stereocenters. The second-order valence-electron chi connectivity index (χ2n) is 6.91. The number of hydrogen-bond donors (Lipinski definition) is 2. The van der Waals surface area contributed by atoms with E-state index in [-0.39, 0.29) is 12.4 Å². The highest BCUT2D eigenvalue weighted by molar-refractivity contribution is 6.03. The fourth-order valence-electron chi connectivity index (χ4n) is 3.53. The highest BCUT2D eigenvalue weighted by atomic mass is 16.5. The van der Waals surface area contributed by atoms with Crippen molar-refractivity contribution in [1.82, 2.24) is 10.3 Å². The number of ketones is 1. The maximum absolute atomic E-state index is 12.1. The van der Waals surface area contributed by atoms with E-state index in [0.29, 0.717) is 13.0 Å². The zero-order valence-corrected chi connectivity index (χ0v) is 15.5. The van der Waals surface area contributed by atoms with Crippen LogP contribution in [0.1, 0.15) is 40.0 Å². The number of H-pyrrole nitrogens is 1. The third kappa shape index (κ3) is 3.98. The van der Waals surface area contributed by atoms with Gasteiger partial charge in [-0.05, 0) is 41.7 Å². The first-order chi connectivity index (χ1) is 13.7. The van der Waals surface area contributed by atoms with E-state index in [9.17, 15) is 9.59 Å². The van der Waals surface area contributed by atoms with Gasteiger partial charge in [-0.25, -0.2) is 4.79 Å². The Bertz CT molecular complexity index is 1030. The Kier molecular flexibility index (Phi) is 5.24. The minimum absolute atomic E-state index is 0.202. The quantitative estimate of drug-likeness (QED) is 0.684. The van der Waals surface area contributed by atoms with Crippen molar-refractivity contribution in [2.24, 2.45) is 0 Å². The maximum atomic E-state index is 12.1. The lowest BCUT2D eigenvalue weighted by atomic mass is 9.94. The van der Waals surface area contributed by atoms with Crippen LogP contribution in [0.2, 0.25) is 0 Å². The number of rotatable bonds is 5. The molecule has 0 bridgehead atoms. The van der Waals surface area contributed by atoms with Crippen LogP contribution in [0.25, 0.3) is 17.0 Å². The van der Waals surface area contributed by atoms with Crippen molar-refractivity contribution in [1.29, 1.82) is 0 Å². The summed E-state index contributed by atoms with van der Waals surface area (Å²) in [6.45, 7) is 0.639. The third-order valence-corrected chi connectivity index (χ3v) is 4.93. The van der Waals surface area contributed by atoms with Gasteiger partial charge in [0.25, 0.3) is 0 Å². The van der Waals surface area contributed by atoms with Crippen LogP contribution in [-0.4, -0.2) is 23.4 Å². The molecule has 28 heavy (non-hydrogen) atoms. The number of hydrogen-bond acceptors (Lipinski definition) is 3. The predicted molar refractivity (Wildman–Crippen MR) is 109 cm³/mol. The van der Waals surface area contributed by atoms with Crippen molar-refractivity contribution >= 4 is 28.9 Å². The summed E-state index contributed by atoms with van der Waals surface area (Å²) in [7, 11) is 0. The monoisotopic (exact) mass is 374 g/mol. The summed E-state index contributed by atoms with van der Waals surface area (Å²) < 4.78 is 5.18. The molecule has 4 rings (SSSR count). The summed E-state index contributed by atoms with van der Waals surface area (Å²) in [4.78, 5) is 27.1. The Labute approximate surface area is 163 Å². The van der Waals surface area contributed by atoms with Crippen LogP contribution in [0.5, 0.6) is 0 Å². The van der Waals surface area contributed by atoms with E-state index in [4.69, 9.17) is 4.74 Å². The molecule has 0 radical (unpaired) electrons. The third-order valence-electron chi connectivity index (χ3n) is 4.93. The average Bonchev–Trinajstić information content (AvgIpc) is 3.10. The van der Waals surface area contributed by atoms with Gasteiger partial charge in [0.1, 0.15) is 6.61 Å². The molecular weight excluding hydrogens is 352 g/mol. The summed E-state index contributed by atoms with van der Waals surface area (Å²) in [5, 5.41) is 3.82. The van der Waals surface area contributed by atoms with Crippen LogP contribution in [0.15, 0.2) is 54.6 Å². The molecule has 3 aromatic rings. The first kappa shape index (κ1) is 18.0. The highest BCUT2D eigenvalue weighted by Gasteiger charge is 2.21. The molecule has 0 saturated carbocycles. The molecule has 2 N–H and O–H groups in total. The molecule has 0 spiro atoms. The molecule has 1 aliphatic carbocycles. The topological polar surface area (TPSA) is 71.2 Å². The van der Waals surface area contributed by atoms with Crippen LogP contribution in [-0.2, 0) is 17.8 Å². The van der Waals surface area contributed by atoms with E-state index in [2.05, 4.69) is 16.4 Å². The standard InChI is InChI=1S/C23H22N2O3/c26-21-10-4-9-18-19-14-16(11-12-20(19)25-22(18)21)8-5-13-24-23(27)28-15-17-6-2-1-3-7-17/h1-3,5-8,11-12,14,25H,4,9-10,13,15H2,(H,24,27). The minimum atomic E-state index is -0.442. The lowest BCUT2D eigenvalue weighted by molar-refractivity contribution is 0.0968. The van der Waals surface area contributed by atoms with E-state index in [0.717, 1.165) is 46.1 Å². The fraction of sp³-hybridized carbons (Fsp3) is 0.217. The smallest absolute Gasteiger partial charge is 0.407 e. The summed E-state index contributed by atoms with van der Waals surface area (Å²) in [6, 6.07) is 15.7. The van der Waals surface area contributed by atoms with E-state index in [1.54, 1.807) is 0 Å². The second-order valence-corrected chi connectivity index (χ2v) is 6.91. The number of Topliss-reactive ketones (excluding diaryl/α,β-unsaturated/α-hetero) is 1. The van der Waals surface area contributed by atoms with Gasteiger partial charge >= 0.3 is 6.09 Å². The molecule has 5 heteroatoms.